The van der Waals surface area contributed by atoms with E-state index in [0.717, 1.165) is 18.4 Å². The molecule has 0 radical (unpaired) electrons. The minimum atomic E-state index is -1.53. The maximum absolute atomic E-state index is 13.1. The Morgan fingerprint density at radius 2 is 1.41 bits per heavy atom. The molecule has 0 unspecified atom stereocenters. The molecule has 2 fully saturated rings. The third-order valence-corrected chi connectivity index (χ3v) is 6.46. The van der Waals surface area contributed by atoms with Gasteiger partial charge in [0.05, 0.1) is 16.7 Å². The molecule has 2 amide bonds. The Bertz CT molecular complexity index is 894. The fraction of sp³-hybridized carbons (Fsp3) is 0.333. The zero-order valence-corrected chi connectivity index (χ0v) is 14.8. The van der Waals surface area contributed by atoms with Gasteiger partial charge in [0.1, 0.15) is 0 Å². The predicted molar refractivity (Wildman–Crippen MR) is 100 cm³/mol. The average molecular weight is 361 g/mol. The number of imide groups is 1. The van der Waals surface area contributed by atoms with E-state index in [2.05, 4.69) is 0 Å². The van der Waals surface area contributed by atoms with Crippen molar-refractivity contribution in [3.63, 3.8) is 0 Å². The summed E-state index contributed by atoms with van der Waals surface area (Å²) in [6.45, 7) is 0. The number of carbonyl (C=O) groups excluding carboxylic acids is 2. The van der Waals surface area contributed by atoms with Gasteiger partial charge in [-0.2, -0.15) is 0 Å². The van der Waals surface area contributed by atoms with Crippen LogP contribution in [0.15, 0.2) is 48.5 Å². The van der Waals surface area contributed by atoms with Gasteiger partial charge in [-0.3, -0.25) is 14.5 Å². The van der Waals surface area contributed by atoms with Gasteiger partial charge in [-0.1, -0.05) is 36.4 Å². The van der Waals surface area contributed by atoms with E-state index in [4.69, 9.17) is 0 Å². The van der Waals surface area contributed by atoms with E-state index in [-0.39, 0.29) is 11.8 Å². The molecule has 0 aromatic heterocycles. The smallest absolute Gasteiger partial charge is 0.423 e. The van der Waals surface area contributed by atoms with Crippen molar-refractivity contribution >= 4 is 24.4 Å². The van der Waals surface area contributed by atoms with E-state index >= 15 is 0 Å². The molecule has 1 heterocycles. The van der Waals surface area contributed by atoms with Gasteiger partial charge in [0.2, 0.25) is 0 Å². The Labute approximate surface area is 157 Å². The van der Waals surface area contributed by atoms with Crippen LogP contribution in [0.4, 0.5) is 0 Å². The van der Waals surface area contributed by atoms with E-state index in [9.17, 15) is 19.6 Å². The summed E-state index contributed by atoms with van der Waals surface area (Å²) in [6.07, 6.45) is 4.03. The van der Waals surface area contributed by atoms with Crippen LogP contribution in [0, 0.1) is 11.8 Å². The molecule has 1 aliphatic heterocycles. The van der Waals surface area contributed by atoms with Gasteiger partial charge in [0.25, 0.3) is 11.8 Å². The van der Waals surface area contributed by atoms with Crippen LogP contribution in [0.5, 0.6) is 0 Å². The molecule has 0 saturated heterocycles. The number of hydrogen-bond donors (Lipinski definition) is 2. The van der Waals surface area contributed by atoms with E-state index in [0.29, 0.717) is 28.4 Å². The summed E-state index contributed by atoms with van der Waals surface area (Å²) in [5, 5.41) is 18.7. The maximum Gasteiger partial charge on any atom is 0.488 e. The van der Waals surface area contributed by atoms with Crippen molar-refractivity contribution in [2.45, 2.75) is 31.2 Å². The SMILES string of the molecule is O=C1c2ccccc2C(=O)N1C1(c2ccc(B(O)O)cc2)CC(C2CC2)C1. The molecule has 3 aliphatic rings. The first-order chi connectivity index (χ1) is 13.0. The summed E-state index contributed by atoms with van der Waals surface area (Å²) in [7, 11) is -1.53. The predicted octanol–water partition coefficient (Wildman–Crippen LogP) is 1.68. The van der Waals surface area contributed by atoms with Crippen molar-refractivity contribution in [2.24, 2.45) is 11.8 Å². The Morgan fingerprint density at radius 3 is 1.89 bits per heavy atom. The minimum Gasteiger partial charge on any atom is -0.423 e. The van der Waals surface area contributed by atoms with E-state index in [1.807, 2.05) is 12.1 Å². The third-order valence-electron chi connectivity index (χ3n) is 6.46. The lowest BCUT2D eigenvalue weighted by Crippen LogP contribution is -2.57. The van der Waals surface area contributed by atoms with Crippen LogP contribution in [0.2, 0.25) is 0 Å². The van der Waals surface area contributed by atoms with Gasteiger partial charge >= 0.3 is 7.12 Å². The molecule has 0 atom stereocenters. The monoisotopic (exact) mass is 361 g/mol. The van der Waals surface area contributed by atoms with Crippen molar-refractivity contribution in [1.29, 1.82) is 0 Å². The second-order valence-corrected chi connectivity index (χ2v) is 8.02. The van der Waals surface area contributed by atoms with Crippen LogP contribution in [0.25, 0.3) is 0 Å². The van der Waals surface area contributed by atoms with Gasteiger partial charge < -0.3 is 10.0 Å². The molecule has 5 rings (SSSR count). The van der Waals surface area contributed by atoms with Crippen molar-refractivity contribution < 1.29 is 19.6 Å². The van der Waals surface area contributed by atoms with Crippen LogP contribution < -0.4 is 5.46 Å². The molecular weight excluding hydrogens is 341 g/mol. The Hall–Kier alpha value is -2.44. The number of hydrogen-bond acceptors (Lipinski definition) is 4. The molecule has 2 saturated carbocycles. The molecule has 2 aliphatic carbocycles. The Kier molecular flexibility index (Phi) is 3.58. The average Bonchev–Trinajstić information content (AvgIpc) is 3.44. The first-order valence-electron chi connectivity index (χ1n) is 9.46. The highest BCUT2D eigenvalue weighted by Crippen LogP contribution is 2.59. The van der Waals surface area contributed by atoms with Crippen LogP contribution in [-0.4, -0.2) is 33.9 Å². The number of benzene rings is 2. The third kappa shape index (κ3) is 2.40. The number of fused-ring (bicyclic) bond motifs is 1. The molecule has 0 bridgehead atoms. The van der Waals surface area contributed by atoms with Crippen LogP contribution >= 0.6 is 0 Å². The Morgan fingerprint density at radius 1 is 0.852 bits per heavy atom. The second kappa shape index (κ2) is 5.78. The lowest BCUT2D eigenvalue weighted by Gasteiger charge is -2.53. The fourth-order valence-electron chi connectivity index (χ4n) is 4.80. The van der Waals surface area contributed by atoms with Gasteiger partial charge in [0.15, 0.2) is 0 Å². The zero-order chi connectivity index (χ0) is 18.8. The lowest BCUT2D eigenvalue weighted by molar-refractivity contribution is -0.0122. The summed E-state index contributed by atoms with van der Waals surface area (Å²) >= 11 is 0. The summed E-state index contributed by atoms with van der Waals surface area (Å²) in [6, 6.07) is 13.9. The highest BCUT2D eigenvalue weighted by atomic mass is 16.4. The van der Waals surface area contributed by atoms with Crippen LogP contribution in [0.3, 0.4) is 0 Å². The van der Waals surface area contributed by atoms with Crippen molar-refractivity contribution in [3.8, 4) is 0 Å². The van der Waals surface area contributed by atoms with Crippen molar-refractivity contribution in [3.05, 3.63) is 65.2 Å². The second-order valence-electron chi connectivity index (χ2n) is 8.02. The fourth-order valence-corrected chi connectivity index (χ4v) is 4.80. The standard InChI is InChI=1S/C21H20BNO4/c24-19-17-3-1-2-4-18(17)20(25)23(19)21(11-14(12-21)13-5-6-13)15-7-9-16(10-8-15)22(26)27/h1-4,7-10,13-14,26-27H,5-6,11-12H2. The quantitative estimate of drug-likeness (QED) is 0.642. The zero-order valence-electron chi connectivity index (χ0n) is 14.8. The molecule has 5 nitrogen and oxygen atoms in total. The lowest BCUT2D eigenvalue weighted by atomic mass is 9.61. The summed E-state index contributed by atoms with van der Waals surface area (Å²) < 4.78 is 0. The van der Waals surface area contributed by atoms with E-state index in [1.54, 1.807) is 36.4 Å². The molecule has 0 spiro atoms. The van der Waals surface area contributed by atoms with E-state index in [1.165, 1.54) is 17.7 Å². The molecule has 2 N–H and O–H groups in total. The largest absolute Gasteiger partial charge is 0.488 e. The minimum absolute atomic E-state index is 0.226. The molecular formula is C21H20BNO4. The summed E-state index contributed by atoms with van der Waals surface area (Å²) in [5.41, 5.74) is 1.59. The normalized spacial score (nSPS) is 26.7. The van der Waals surface area contributed by atoms with Crippen LogP contribution in [-0.2, 0) is 5.54 Å². The van der Waals surface area contributed by atoms with Crippen molar-refractivity contribution in [1.82, 2.24) is 4.90 Å². The molecule has 6 heteroatoms. The molecule has 2 aromatic carbocycles. The van der Waals surface area contributed by atoms with Crippen molar-refractivity contribution in [2.75, 3.05) is 0 Å². The van der Waals surface area contributed by atoms with Crippen LogP contribution in [0.1, 0.15) is 52.0 Å². The number of amides is 2. The Balaban J connectivity index is 1.56. The first kappa shape index (κ1) is 16.7. The summed E-state index contributed by atoms with van der Waals surface area (Å²) in [4.78, 5) is 27.7. The molecule has 27 heavy (non-hydrogen) atoms. The number of nitrogens with zero attached hydrogens (tertiary/aromatic N) is 1. The van der Waals surface area contributed by atoms with Gasteiger partial charge in [-0.05, 0) is 60.7 Å². The van der Waals surface area contributed by atoms with Gasteiger partial charge in [-0.25, -0.2) is 0 Å². The van der Waals surface area contributed by atoms with E-state index < -0.39 is 12.7 Å². The number of rotatable bonds is 4. The summed E-state index contributed by atoms with van der Waals surface area (Å²) in [5.74, 6) is 0.802. The highest BCUT2D eigenvalue weighted by Gasteiger charge is 2.59. The van der Waals surface area contributed by atoms with Gasteiger partial charge in [-0.15, -0.1) is 0 Å². The maximum atomic E-state index is 13.1. The first-order valence-corrected chi connectivity index (χ1v) is 9.46. The molecule has 136 valence electrons. The highest BCUT2D eigenvalue weighted by molar-refractivity contribution is 6.58. The molecule has 2 aromatic rings. The topological polar surface area (TPSA) is 77.8 Å². The van der Waals surface area contributed by atoms with Gasteiger partial charge in [0, 0.05) is 0 Å². The number of carbonyl (C=O) groups is 2.